The van der Waals surface area contributed by atoms with Gasteiger partial charge in [0.2, 0.25) is 5.91 Å². The van der Waals surface area contributed by atoms with Crippen LogP contribution in [0.5, 0.6) is 0 Å². The van der Waals surface area contributed by atoms with Gasteiger partial charge in [-0.3, -0.25) is 9.59 Å². The second kappa shape index (κ2) is 6.88. The van der Waals surface area contributed by atoms with Gasteiger partial charge >= 0.3 is 5.97 Å². The molecule has 110 valence electrons. The standard InChI is InChI=1S/C12H21NO5S/c1-19(17,18)7-6-11(14)13-8-9-2-4-10(5-3-9)12(15)16/h9-10H,2-8H2,1H3,(H,13,14)(H,15,16). The molecule has 0 aromatic heterocycles. The van der Waals surface area contributed by atoms with Crippen molar-refractivity contribution in [3.05, 3.63) is 0 Å². The fraction of sp³-hybridized carbons (Fsp3) is 0.833. The van der Waals surface area contributed by atoms with Crippen LogP contribution in [0.15, 0.2) is 0 Å². The van der Waals surface area contributed by atoms with Crippen molar-refractivity contribution in [2.45, 2.75) is 32.1 Å². The first-order valence-electron chi connectivity index (χ1n) is 6.45. The summed E-state index contributed by atoms with van der Waals surface area (Å²) in [7, 11) is -3.11. The van der Waals surface area contributed by atoms with E-state index in [9.17, 15) is 18.0 Å². The van der Waals surface area contributed by atoms with Crippen molar-refractivity contribution in [2.75, 3.05) is 18.6 Å². The van der Waals surface area contributed by atoms with Gasteiger partial charge in [-0.2, -0.15) is 0 Å². The van der Waals surface area contributed by atoms with E-state index >= 15 is 0 Å². The van der Waals surface area contributed by atoms with E-state index in [1.54, 1.807) is 0 Å². The molecule has 7 heteroatoms. The molecule has 19 heavy (non-hydrogen) atoms. The van der Waals surface area contributed by atoms with Crippen LogP contribution in [-0.2, 0) is 19.4 Å². The van der Waals surface area contributed by atoms with Gasteiger partial charge in [-0.1, -0.05) is 0 Å². The highest BCUT2D eigenvalue weighted by molar-refractivity contribution is 7.90. The first-order chi connectivity index (χ1) is 8.78. The highest BCUT2D eigenvalue weighted by Crippen LogP contribution is 2.28. The van der Waals surface area contributed by atoms with Crippen LogP contribution in [0.3, 0.4) is 0 Å². The summed E-state index contributed by atoms with van der Waals surface area (Å²) in [6.45, 7) is 0.509. The molecule has 1 saturated carbocycles. The second-order valence-corrected chi connectivity index (χ2v) is 7.50. The lowest BCUT2D eigenvalue weighted by atomic mass is 9.82. The van der Waals surface area contributed by atoms with Crippen molar-refractivity contribution in [3.8, 4) is 0 Å². The summed E-state index contributed by atoms with van der Waals surface area (Å²) in [5.74, 6) is -1.08. The third kappa shape index (κ3) is 6.56. The van der Waals surface area contributed by atoms with E-state index < -0.39 is 15.8 Å². The summed E-state index contributed by atoms with van der Waals surface area (Å²) >= 11 is 0. The summed E-state index contributed by atoms with van der Waals surface area (Å²) in [6, 6.07) is 0. The number of amides is 1. The van der Waals surface area contributed by atoms with Crippen LogP contribution in [-0.4, -0.2) is 44.0 Å². The molecular weight excluding hydrogens is 270 g/mol. The predicted octanol–water partition coefficient (Wildman–Crippen LogP) is 0.428. The first-order valence-corrected chi connectivity index (χ1v) is 8.51. The van der Waals surface area contributed by atoms with Gasteiger partial charge in [0, 0.05) is 19.2 Å². The average molecular weight is 291 g/mol. The lowest BCUT2D eigenvalue weighted by Gasteiger charge is -2.26. The lowest BCUT2D eigenvalue weighted by Crippen LogP contribution is -2.33. The number of aliphatic carboxylic acids is 1. The summed E-state index contributed by atoms with van der Waals surface area (Å²) in [6.07, 6.45) is 3.99. The minimum absolute atomic E-state index is 0.0106. The molecule has 2 N–H and O–H groups in total. The number of rotatable bonds is 6. The van der Waals surface area contributed by atoms with E-state index in [1.807, 2.05) is 0 Å². The van der Waals surface area contributed by atoms with Crippen LogP contribution >= 0.6 is 0 Å². The van der Waals surface area contributed by atoms with Gasteiger partial charge < -0.3 is 10.4 Å². The monoisotopic (exact) mass is 291 g/mol. The maximum Gasteiger partial charge on any atom is 0.306 e. The summed E-state index contributed by atoms with van der Waals surface area (Å²) in [4.78, 5) is 22.2. The maximum atomic E-state index is 11.4. The number of nitrogens with one attached hydrogen (secondary N) is 1. The molecule has 0 heterocycles. The van der Waals surface area contributed by atoms with Gasteiger partial charge in [-0.05, 0) is 31.6 Å². The average Bonchev–Trinajstić information content (AvgIpc) is 2.33. The SMILES string of the molecule is CS(=O)(=O)CCC(=O)NCC1CCC(C(=O)O)CC1. The van der Waals surface area contributed by atoms with E-state index in [1.165, 1.54) is 0 Å². The quantitative estimate of drug-likeness (QED) is 0.739. The Morgan fingerprint density at radius 1 is 1.21 bits per heavy atom. The number of hydrogen-bond donors (Lipinski definition) is 2. The van der Waals surface area contributed by atoms with Gasteiger partial charge in [-0.15, -0.1) is 0 Å². The van der Waals surface area contributed by atoms with Crippen molar-refractivity contribution in [1.82, 2.24) is 5.32 Å². The summed E-state index contributed by atoms with van der Waals surface area (Å²) < 4.78 is 21.8. The number of carbonyl (C=O) groups is 2. The molecule has 1 aliphatic carbocycles. The van der Waals surface area contributed by atoms with Crippen LogP contribution in [0, 0.1) is 11.8 Å². The number of carbonyl (C=O) groups excluding carboxylic acids is 1. The van der Waals surface area contributed by atoms with E-state index in [2.05, 4.69) is 5.32 Å². The van der Waals surface area contributed by atoms with Gasteiger partial charge in [-0.25, -0.2) is 8.42 Å². The molecule has 1 aliphatic rings. The molecule has 0 aromatic carbocycles. The molecule has 0 bridgehead atoms. The van der Waals surface area contributed by atoms with Gasteiger partial charge in [0.25, 0.3) is 0 Å². The number of carboxylic acids is 1. The molecule has 0 saturated heterocycles. The van der Waals surface area contributed by atoms with Gasteiger partial charge in [0.1, 0.15) is 9.84 Å². The zero-order chi connectivity index (χ0) is 14.5. The van der Waals surface area contributed by atoms with Crippen molar-refractivity contribution in [1.29, 1.82) is 0 Å². The van der Waals surface area contributed by atoms with Crippen LogP contribution in [0.25, 0.3) is 0 Å². The molecule has 0 unspecified atom stereocenters. The molecule has 0 radical (unpaired) electrons. The molecular formula is C12H21NO5S. The largest absolute Gasteiger partial charge is 0.481 e. The highest BCUT2D eigenvalue weighted by Gasteiger charge is 2.25. The zero-order valence-corrected chi connectivity index (χ0v) is 11.9. The topological polar surface area (TPSA) is 101 Å². The first kappa shape index (κ1) is 15.9. The van der Waals surface area contributed by atoms with E-state index in [0.29, 0.717) is 25.3 Å². The fourth-order valence-electron chi connectivity index (χ4n) is 2.24. The smallest absolute Gasteiger partial charge is 0.306 e. The van der Waals surface area contributed by atoms with Crippen molar-refractivity contribution in [2.24, 2.45) is 11.8 Å². The van der Waals surface area contributed by atoms with E-state index in [0.717, 1.165) is 19.1 Å². The van der Waals surface area contributed by atoms with Crippen LogP contribution in [0.1, 0.15) is 32.1 Å². The summed E-state index contributed by atoms with van der Waals surface area (Å²) in [5.41, 5.74) is 0. The normalized spacial score (nSPS) is 23.8. The maximum absolute atomic E-state index is 11.4. The highest BCUT2D eigenvalue weighted by atomic mass is 32.2. The Morgan fingerprint density at radius 2 is 1.79 bits per heavy atom. The van der Waals surface area contributed by atoms with Gasteiger partial charge in [0.15, 0.2) is 0 Å². The molecule has 0 atom stereocenters. The van der Waals surface area contributed by atoms with Crippen LogP contribution < -0.4 is 5.32 Å². The number of carboxylic acid groups (broad SMARTS) is 1. The number of sulfone groups is 1. The Balaban J connectivity index is 2.20. The molecule has 0 aliphatic heterocycles. The second-order valence-electron chi connectivity index (χ2n) is 5.24. The van der Waals surface area contributed by atoms with Crippen molar-refractivity contribution >= 4 is 21.7 Å². The molecule has 1 amide bonds. The Morgan fingerprint density at radius 3 is 2.26 bits per heavy atom. The fourth-order valence-corrected chi connectivity index (χ4v) is 2.79. The Hall–Kier alpha value is -1.11. The predicted molar refractivity (Wildman–Crippen MR) is 70.4 cm³/mol. The van der Waals surface area contributed by atoms with Crippen molar-refractivity contribution < 1.29 is 23.1 Å². The van der Waals surface area contributed by atoms with Gasteiger partial charge in [0.05, 0.1) is 11.7 Å². The van der Waals surface area contributed by atoms with Crippen LogP contribution in [0.2, 0.25) is 0 Å². The Kier molecular flexibility index (Phi) is 5.78. The Bertz CT molecular complexity index is 423. The zero-order valence-electron chi connectivity index (χ0n) is 11.1. The molecule has 1 fully saturated rings. The minimum atomic E-state index is -3.11. The molecule has 6 nitrogen and oxygen atoms in total. The van der Waals surface area contributed by atoms with E-state index in [4.69, 9.17) is 5.11 Å². The molecule has 0 aromatic rings. The third-order valence-corrected chi connectivity index (χ3v) is 4.43. The molecule has 1 rings (SSSR count). The molecule has 0 spiro atoms. The van der Waals surface area contributed by atoms with Crippen molar-refractivity contribution in [3.63, 3.8) is 0 Å². The van der Waals surface area contributed by atoms with E-state index in [-0.39, 0.29) is 24.0 Å². The minimum Gasteiger partial charge on any atom is -0.481 e. The summed E-state index contributed by atoms with van der Waals surface area (Å²) in [5, 5.41) is 11.6. The lowest BCUT2D eigenvalue weighted by molar-refractivity contribution is -0.143. The number of hydrogen-bond acceptors (Lipinski definition) is 4. The Labute approximate surface area is 113 Å². The van der Waals surface area contributed by atoms with Crippen LogP contribution in [0.4, 0.5) is 0 Å². The third-order valence-electron chi connectivity index (χ3n) is 3.48.